The number of hydrogen-bond acceptors (Lipinski definition) is 3. The molecule has 0 aliphatic carbocycles. The SMILES string of the molecule is CCC1=N[C@@H](OC)[C@H](c2ccccc2)O1. The largest absolute Gasteiger partial charge is 0.468 e. The quantitative estimate of drug-likeness (QED) is 0.759. The van der Waals surface area contributed by atoms with Gasteiger partial charge in [0.25, 0.3) is 0 Å². The Kier molecular flexibility index (Phi) is 3.02. The highest BCUT2D eigenvalue weighted by Gasteiger charge is 2.31. The van der Waals surface area contributed by atoms with Gasteiger partial charge in [0.15, 0.2) is 18.2 Å². The van der Waals surface area contributed by atoms with Crippen molar-refractivity contribution in [3.8, 4) is 0 Å². The molecule has 1 aliphatic heterocycles. The summed E-state index contributed by atoms with van der Waals surface area (Å²) in [6, 6.07) is 10.0. The van der Waals surface area contributed by atoms with Crippen LogP contribution in [0.25, 0.3) is 0 Å². The number of aliphatic imine (C=N–C) groups is 1. The fraction of sp³-hybridized carbons (Fsp3) is 0.417. The van der Waals surface area contributed by atoms with Crippen molar-refractivity contribution in [2.45, 2.75) is 25.7 Å². The van der Waals surface area contributed by atoms with Gasteiger partial charge >= 0.3 is 0 Å². The molecule has 0 saturated carbocycles. The Balaban J connectivity index is 2.19. The van der Waals surface area contributed by atoms with Gasteiger partial charge in [-0.15, -0.1) is 0 Å². The Morgan fingerprint density at radius 1 is 1.33 bits per heavy atom. The summed E-state index contributed by atoms with van der Waals surface area (Å²) < 4.78 is 11.0. The van der Waals surface area contributed by atoms with Gasteiger partial charge < -0.3 is 9.47 Å². The molecule has 1 aromatic carbocycles. The van der Waals surface area contributed by atoms with Crippen LogP contribution in [0, 0.1) is 0 Å². The van der Waals surface area contributed by atoms with E-state index in [1.807, 2.05) is 37.3 Å². The normalized spacial score (nSPS) is 24.8. The number of rotatable bonds is 3. The van der Waals surface area contributed by atoms with Crippen LogP contribution in [-0.2, 0) is 9.47 Å². The van der Waals surface area contributed by atoms with Gasteiger partial charge in [-0.05, 0) is 5.56 Å². The van der Waals surface area contributed by atoms with E-state index >= 15 is 0 Å². The van der Waals surface area contributed by atoms with Gasteiger partial charge in [-0.1, -0.05) is 37.3 Å². The number of benzene rings is 1. The van der Waals surface area contributed by atoms with Crippen LogP contribution in [0.3, 0.4) is 0 Å². The topological polar surface area (TPSA) is 30.8 Å². The highest BCUT2D eigenvalue weighted by Crippen LogP contribution is 2.29. The van der Waals surface area contributed by atoms with Crippen molar-refractivity contribution < 1.29 is 9.47 Å². The van der Waals surface area contributed by atoms with Crippen LogP contribution in [0.15, 0.2) is 35.3 Å². The number of nitrogens with zero attached hydrogens (tertiary/aromatic N) is 1. The van der Waals surface area contributed by atoms with Crippen molar-refractivity contribution in [3.63, 3.8) is 0 Å². The van der Waals surface area contributed by atoms with Gasteiger partial charge in [0.1, 0.15) is 0 Å². The van der Waals surface area contributed by atoms with Gasteiger partial charge in [-0.3, -0.25) is 0 Å². The number of hydrogen-bond donors (Lipinski definition) is 0. The molecule has 0 amide bonds. The van der Waals surface area contributed by atoms with Crippen LogP contribution < -0.4 is 0 Å². The van der Waals surface area contributed by atoms with Crippen molar-refractivity contribution in [2.24, 2.45) is 4.99 Å². The molecule has 80 valence electrons. The predicted octanol–water partition coefficient (Wildman–Crippen LogP) is 2.54. The maximum Gasteiger partial charge on any atom is 0.192 e. The third-order valence-electron chi connectivity index (χ3n) is 2.47. The molecule has 0 saturated heterocycles. The van der Waals surface area contributed by atoms with Crippen molar-refractivity contribution in [3.05, 3.63) is 35.9 Å². The molecule has 0 N–H and O–H groups in total. The standard InChI is InChI=1S/C12H15NO2/c1-3-10-13-12(14-2)11(15-10)9-7-5-4-6-8-9/h4-8,11-12H,3H2,1-2H3/t11-,12-/m0/s1. The molecule has 3 nitrogen and oxygen atoms in total. The van der Waals surface area contributed by atoms with Crippen LogP contribution in [-0.4, -0.2) is 19.2 Å². The molecule has 15 heavy (non-hydrogen) atoms. The molecule has 0 fully saturated rings. The number of methoxy groups -OCH3 is 1. The summed E-state index contributed by atoms with van der Waals surface area (Å²) in [5.74, 6) is 0.774. The van der Waals surface area contributed by atoms with E-state index < -0.39 is 0 Å². The smallest absolute Gasteiger partial charge is 0.192 e. The average molecular weight is 205 g/mol. The zero-order chi connectivity index (χ0) is 10.7. The van der Waals surface area contributed by atoms with E-state index in [0.717, 1.165) is 17.9 Å². The van der Waals surface area contributed by atoms with Crippen LogP contribution in [0.1, 0.15) is 25.0 Å². The molecular weight excluding hydrogens is 190 g/mol. The summed E-state index contributed by atoms with van der Waals surface area (Å²) in [6.07, 6.45) is 0.511. The first-order chi connectivity index (χ1) is 7.35. The maximum atomic E-state index is 5.73. The Morgan fingerprint density at radius 2 is 2.07 bits per heavy atom. The summed E-state index contributed by atoms with van der Waals surface area (Å²) >= 11 is 0. The summed E-state index contributed by atoms with van der Waals surface area (Å²) in [7, 11) is 1.66. The van der Waals surface area contributed by atoms with Crippen molar-refractivity contribution in [1.29, 1.82) is 0 Å². The van der Waals surface area contributed by atoms with Gasteiger partial charge in [-0.2, -0.15) is 0 Å². The van der Waals surface area contributed by atoms with Crippen molar-refractivity contribution >= 4 is 5.90 Å². The van der Waals surface area contributed by atoms with Crippen LogP contribution in [0.4, 0.5) is 0 Å². The fourth-order valence-corrected chi connectivity index (χ4v) is 1.67. The summed E-state index contributed by atoms with van der Waals surface area (Å²) in [5.41, 5.74) is 1.11. The Morgan fingerprint density at radius 3 is 2.67 bits per heavy atom. The molecule has 0 spiro atoms. The second-order valence-corrected chi connectivity index (χ2v) is 3.45. The van der Waals surface area contributed by atoms with Crippen LogP contribution in [0.2, 0.25) is 0 Å². The molecule has 2 rings (SSSR count). The Hall–Kier alpha value is -1.35. The zero-order valence-corrected chi connectivity index (χ0v) is 9.01. The van der Waals surface area contributed by atoms with Gasteiger partial charge in [0, 0.05) is 13.5 Å². The minimum absolute atomic E-state index is 0.0915. The fourth-order valence-electron chi connectivity index (χ4n) is 1.67. The summed E-state index contributed by atoms with van der Waals surface area (Å²) in [6.45, 7) is 2.03. The average Bonchev–Trinajstić information content (AvgIpc) is 2.73. The molecule has 0 aromatic heterocycles. The lowest BCUT2D eigenvalue weighted by molar-refractivity contribution is 0.0253. The molecule has 1 aromatic rings. The predicted molar refractivity (Wildman–Crippen MR) is 58.8 cm³/mol. The first-order valence-corrected chi connectivity index (χ1v) is 5.16. The van der Waals surface area contributed by atoms with E-state index in [9.17, 15) is 0 Å². The molecule has 0 unspecified atom stereocenters. The van der Waals surface area contributed by atoms with Crippen molar-refractivity contribution in [1.82, 2.24) is 0 Å². The lowest BCUT2D eigenvalue weighted by atomic mass is 10.1. The highest BCUT2D eigenvalue weighted by molar-refractivity contribution is 5.77. The highest BCUT2D eigenvalue weighted by atomic mass is 16.6. The van der Waals surface area contributed by atoms with E-state index in [0.29, 0.717) is 0 Å². The van der Waals surface area contributed by atoms with Gasteiger partial charge in [0.2, 0.25) is 0 Å². The maximum absolute atomic E-state index is 5.73. The molecule has 3 heteroatoms. The lowest BCUT2D eigenvalue weighted by Gasteiger charge is -2.16. The third kappa shape index (κ3) is 2.02. The second kappa shape index (κ2) is 4.45. The third-order valence-corrected chi connectivity index (χ3v) is 2.47. The first kappa shape index (κ1) is 10.2. The molecule has 0 bridgehead atoms. The Labute approximate surface area is 89.7 Å². The number of ether oxygens (including phenoxy) is 2. The van der Waals surface area contributed by atoms with Gasteiger partial charge in [-0.25, -0.2) is 4.99 Å². The van der Waals surface area contributed by atoms with E-state index in [2.05, 4.69) is 4.99 Å². The van der Waals surface area contributed by atoms with E-state index in [1.54, 1.807) is 7.11 Å². The van der Waals surface area contributed by atoms with Crippen molar-refractivity contribution in [2.75, 3.05) is 7.11 Å². The van der Waals surface area contributed by atoms with Crippen LogP contribution >= 0.6 is 0 Å². The molecule has 0 radical (unpaired) electrons. The minimum atomic E-state index is -0.206. The van der Waals surface area contributed by atoms with E-state index in [4.69, 9.17) is 9.47 Å². The summed E-state index contributed by atoms with van der Waals surface area (Å²) in [5, 5.41) is 0. The molecule has 1 aliphatic rings. The van der Waals surface area contributed by atoms with Crippen LogP contribution in [0.5, 0.6) is 0 Å². The Bertz CT molecular complexity index is 348. The monoisotopic (exact) mass is 205 g/mol. The second-order valence-electron chi connectivity index (χ2n) is 3.45. The first-order valence-electron chi connectivity index (χ1n) is 5.16. The zero-order valence-electron chi connectivity index (χ0n) is 9.01. The lowest BCUT2D eigenvalue weighted by Crippen LogP contribution is -2.15. The molecular formula is C12H15NO2. The minimum Gasteiger partial charge on any atom is -0.468 e. The summed E-state index contributed by atoms with van der Waals surface area (Å²) in [4.78, 5) is 4.36. The molecule has 1 heterocycles. The van der Waals surface area contributed by atoms with E-state index in [-0.39, 0.29) is 12.3 Å². The molecule has 2 atom stereocenters. The van der Waals surface area contributed by atoms with Gasteiger partial charge in [0.05, 0.1) is 0 Å². The van der Waals surface area contributed by atoms with E-state index in [1.165, 1.54) is 0 Å².